The molecule has 100 valence electrons. The molecule has 0 atom stereocenters. The van der Waals surface area contributed by atoms with Crippen LogP contribution in [0.4, 0.5) is 13.2 Å². The fraction of sp³-hybridized carbons (Fsp3) is 0.0769. The smallest absolute Gasteiger partial charge is 0.200 e. The van der Waals surface area contributed by atoms with Crippen LogP contribution in [0.3, 0.4) is 0 Å². The second-order valence-electron chi connectivity index (χ2n) is 3.74. The summed E-state index contributed by atoms with van der Waals surface area (Å²) in [7, 11) is 0. The van der Waals surface area contributed by atoms with Gasteiger partial charge in [-0.25, -0.2) is 8.78 Å². The summed E-state index contributed by atoms with van der Waals surface area (Å²) in [5.74, 6) is -2.95. The van der Waals surface area contributed by atoms with E-state index in [1.807, 2.05) is 0 Å². The maximum absolute atomic E-state index is 13.4. The van der Waals surface area contributed by atoms with Crippen molar-refractivity contribution in [3.8, 4) is 5.75 Å². The molecule has 0 unspecified atom stereocenters. The quantitative estimate of drug-likeness (QED) is 0.699. The van der Waals surface area contributed by atoms with Gasteiger partial charge in [-0.15, -0.1) is 0 Å². The van der Waals surface area contributed by atoms with Gasteiger partial charge < -0.3 is 4.74 Å². The Balaban J connectivity index is 2.16. The summed E-state index contributed by atoms with van der Waals surface area (Å²) < 4.78 is 45.2. The normalized spacial score (nSPS) is 10.6. The molecule has 1 nitrogen and oxygen atoms in total. The van der Waals surface area contributed by atoms with Crippen LogP contribution in [0.1, 0.15) is 5.56 Å². The molecule has 0 spiro atoms. The first-order chi connectivity index (χ1) is 8.97. The van der Waals surface area contributed by atoms with Crippen molar-refractivity contribution in [3.05, 3.63) is 62.8 Å². The summed E-state index contributed by atoms with van der Waals surface area (Å²) in [5, 5.41) is -0.0107. The monoisotopic (exact) mass is 350 g/mol. The molecule has 0 amide bonds. The highest BCUT2D eigenvalue weighted by Crippen LogP contribution is 2.26. The van der Waals surface area contributed by atoms with E-state index in [0.29, 0.717) is 10.0 Å². The largest absolute Gasteiger partial charge is 0.486 e. The molecule has 0 aliphatic carbocycles. The Morgan fingerprint density at radius 2 is 1.79 bits per heavy atom. The van der Waals surface area contributed by atoms with E-state index >= 15 is 0 Å². The molecule has 0 bridgehead atoms. The van der Waals surface area contributed by atoms with E-state index in [1.165, 1.54) is 24.3 Å². The molecule has 2 aromatic rings. The lowest BCUT2D eigenvalue weighted by Crippen LogP contribution is -1.99. The van der Waals surface area contributed by atoms with Gasteiger partial charge >= 0.3 is 0 Å². The Kier molecular flexibility index (Phi) is 4.37. The van der Waals surface area contributed by atoms with Crippen molar-refractivity contribution in [3.63, 3.8) is 0 Å². The summed E-state index contributed by atoms with van der Waals surface area (Å²) >= 11 is 8.56. The maximum atomic E-state index is 13.4. The van der Waals surface area contributed by atoms with Gasteiger partial charge in [0, 0.05) is 4.47 Å². The molecule has 0 saturated heterocycles. The summed E-state index contributed by atoms with van der Waals surface area (Å²) in [6, 6.07) is 6.37. The third kappa shape index (κ3) is 3.42. The van der Waals surface area contributed by atoms with Gasteiger partial charge in [-0.2, -0.15) is 4.39 Å². The standard InChI is InChI=1S/C13H7BrClF3O/c14-8-4-11(17)13(18)12(5-8)19-6-7-1-2-9(15)10(16)3-7/h1-5H,6H2. The predicted octanol–water partition coefficient (Wildman–Crippen LogP) is 5.10. The third-order valence-electron chi connectivity index (χ3n) is 2.34. The average molecular weight is 352 g/mol. The molecule has 0 aliphatic heterocycles. The van der Waals surface area contributed by atoms with Gasteiger partial charge in [-0.05, 0) is 29.8 Å². The number of benzene rings is 2. The molecule has 0 saturated carbocycles. The number of hydrogen-bond acceptors (Lipinski definition) is 1. The number of ether oxygens (including phenoxy) is 1. The lowest BCUT2D eigenvalue weighted by Gasteiger charge is -2.09. The van der Waals surface area contributed by atoms with E-state index in [0.717, 1.165) is 6.07 Å². The molecule has 0 aromatic heterocycles. The lowest BCUT2D eigenvalue weighted by molar-refractivity contribution is 0.284. The highest BCUT2D eigenvalue weighted by molar-refractivity contribution is 9.10. The Bertz CT molecular complexity index is 619. The molecule has 0 heterocycles. The Labute approximate surface area is 121 Å². The van der Waals surface area contributed by atoms with Gasteiger partial charge in [0.05, 0.1) is 5.02 Å². The molecule has 0 aliphatic rings. The second-order valence-corrected chi connectivity index (χ2v) is 5.06. The SMILES string of the molecule is Fc1cc(COc2cc(Br)cc(F)c2F)ccc1Cl. The Morgan fingerprint density at radius 1 is 1.05 bits per heavy atom. The van der Waals surface area contributed by atoms with Crippen molar-refractivity contribution < 1.29 is 17.9 Å². The van der Waals surface area contributed by atoms with Crippen molar-refractivity contribution in [2.75, 3.05) is 0 Å². The first kappa shape index (κ1) is 14.2. The molecule has 0 radical (unpaired) electrons. The van der Waals surface area contributed by atoms with Gasteiger partial charge in [0.15, 0.2) is 11.6 Å². The topological polar surface area (TPSA) is 9.23 Å². The summed E-state index contributed by atoms with van der Waals surface area (Å²) in [4.78, 5) is 0. The highest BCUT2D eigenvalue weighted by Gasteiger charge is 2.11. The van der Waals surface area contributed by atoms with Crippen LogP contribution < -0.4 is 4.74 Å². The van der Waals surface area contributed by atoms with Crippen LogP contribution in [-0.2, 0) is 6.61 Å². The molecular formula is C13H7BrClF3O. The minimum atomic E-state index is -1.09. The number of hydrogen-bond donors (Lipinski definition) is 0. The van der Waals surface area contributed by atoms with E-state index in [-0.39, 0.29) is 17.4 Å². The van der Waals surface area contributed by atoms with Gasteiger partial charge in [0.2, 0.25) is 5.82 Å². The molecule has 6 heteroatoms. The van der Waals surface area contributed by atoms with Crippen LogP contribution in [0, 0.1) is 17.5 Å². The van der Waals surface area contributed by atoms with Crippen LogP contribution in [-0.4, -0.2) is 0 Å². The fourth-order valence-corrected chi connectivity index (χ4v) is 1.95. The van der Waals surface area contributed by atoms with Crippen LogP contribution in [0.15, 0.2) is 34.8 Å². The van der Waals surface area contributed by atoms with Crippen molar-refractivity contribution >= 4 is 27.5 Å². The zero-order valence-corrected chi connectivity index (χ0v) is 11.7. The van der Waals surface area contributed by atoms with E-state index in [2.05, 4.69) is 15.9 Å². The molecular weight excluding hydrogens is 344 g/mol. The van der Waals surface area contributed by atoms with Gasteiger partial charge in [-0.1, -0.05) is 33.6 Å². The summed E-state index contributed by atoms with van der Waals surface area (Å²) in [6.45, 7) is -0.0963. The van der Waals surface area contributed by atoms with Crippen molar-refractivity contribution in [1.29, 1.82) is 0 Å². The molecule has 2 aromatic carbocycles. The van der Waals surface area contributed by atoms with Gasteiger partial charge in [-0.3, -0.25) is 0 Å². The van der Waals surface area contributed by atoms with E-state index in [4.69, 9.17) is 16.3 Å². The van der Waals surface area contributed by atoms with Crippen LogP contribution in [0.25, 0.3) is 0 Å². The maximum Gasteiger partial charge on any atom is 0.200 e. The molecule has 0 fully saturated rings. The van der Waals surface area contributed by atoms with Crippen molar-refractivity contribution in [2.45, 2.75) is 6.61 Å². The molecule has 0 N–H and O–H groups in total. The van der Waals surface area contributed by atoms with Gasteiger partial charge in [0.25, 0.3) is 0 Å². The summed E-state index contributed by atoms with van der Waals surface area (Å²) in [6.07, 6.45) is 0. The first-order valence-corrected chi connectivity index (χ1v) is 6.35. The van der Waals surface area contributed by atoms with E-state index < -0.39 is 17.5 Å². The zero-order valence-electron chi connectivity index (χ0n) is 9.39. The molecule has 19 heavy (non-hydrogen) atoms. The highest BCUT2D eigenvalue weighted by atomic mass is 79.9. The Morgan fingerprint density at radius 3 is 2.47 bits per heavy atom. The van der Waals surface area contributed by atoms with Crippen molar-refractivity contribution in [1.82, 2.24) is 0 Å². The predicted molar refractivity (Wildman–Crippen MR) is 69.8 cm³/mol. The zero-order chi connectivity index (χ0) is 14.0. The van der Waals surface area contributed by atoms with Gasteiger partial charge in [0.1, 0.15) is 12.4 Å². The van der Waals surface area contributed by atoms with Crippen molar-refractivity contribution in [2.24, 2.45) is 0 Å². The second kappa shape index (κ2) is 5.84. The van der Waals surface area contributed by atoms with Crippen LogP contribution >= 0.6 is 27.5 Å². The number of rotatable bonds is 3. The molecule has 2 rings (SSSR count). The lowest BCUT2D eigenvalue weighted by atomic mass is 10.2. The average Bonchev–Trinajstić information content (AvgIpc) is 2.36. The Hall–Kier alpha value is -1.20. The van der Waals surface area contributed by atoms with E-state index in [9.17, 15) is 13.2 Å². The fourth-order valence-electron chi connectivity index (χ4n) is 1.43. The minimum absolute atomic E-state index is 0.0107. The summed E-state index contributed by atoms with van der Waals surface area (Å²) in [5.41, 5.74) is 0.460. The van der Waals surface area contributed by atoms with Crippen LogP contribution in [0.2, 0.25) is 5.02 Å². The van der Waals surface area contributed by atoms with Crippen LogP contribution in [0.5, 0.6) is 5.75 Å². The van der Waals surface area contributed by atoms with E-state index in [1.54, 1.807) is 0 Å². The minimum Gasteiger partial charge on any atom is -0.486 e. The number of halogens is 5. The third-order valence-corrected chi connectivity index (χ3v) is 3.10. The first-order valence-electron chi connectivity index (χ1n) is 5.18.